The van der Waals surface area contributed by atoms with Gasteiger partial charge in [0.05, 0.1) is 11.4 Å². The molecule has 25 heavy (non-hydrogen) atoms. The zero-order valence-corrected chi connectivity index (χ0v) is 15.8. The average molecular weight is 355 g/mol. The molecule has 2 aromatic heterocycles. The lowest BCUT2D eigenvalue weighted by molar-refractivity contribution is 0.102. The highest BCUT2D eigenvalue weighted by Gasteiger charge is 2.19. The number of aryl methyl sites for hydroxylation is 2. The molecule has 0 aliphatic heterocycles. The van der Waals surface area contributed by atoms with Gasteiger partial charge in [0.1, 0.15) is 11.3 Å². The Morgan fingerprint density at radius 1 is 1.16 bits per heavy atom. The van der Waals surface area contributed by atoms with E-state index in [1.54, 1.807) is 13.8 Å². The lowest BCUT2D eigenvalue weighted by Crippen LogP contribution is -2.13. The van der Waals surface area contributed by atoms with Crippen molar-refractivity contribution in [2.75, 3.05) is 5.32 Å². The number of carbonyl (C=O) groups excluding carboxylic acids is 1. The summed E-state index contributed by atoms with van der Waals surface area (Å²) < 4.78 is 5.04. The van der Waals surface area contributed by atoms with Crippen molar-refractivity contribution in [2.45, 2.75) is 40.0 Å². The maximum absolute atomic E-state index is 12.4. The highest BCUT2D eigenvalue weighted by Crippen LogP contribution is 2.28. The number of amides is 1. The molecule has 6 heteroatoms. The topological polar surface area (TPSA) is 68.0 Å². The average Bonchev–Trinajstić information content (AvgIpc) is 3.13. The van der Waals surface area contributed by atoms with Crippen LogP contribution in [0, 0.1) is 13.8 Å². The van der Waals surface area contributed by atoms with Crippen molar-refractivity contribution >= 4 is 22.4 Å². The second-order valence-electron chi connectivity index (χ2n) is 7.02. The summed E-state index contributed by atoms with van der Waals surface area (Å²) in [7, 11) is 0. The number of rotatable bonds is 3. The number of aromatic nitrogens is 2. The number of hydrogen-bond acceptors (Lipinski definition) is 5. The van der Waals surface area contributed by atoms with E-state index in [2.05, 4.69) is 60.5 Å². The minimum atomic E-state index is -0.250. The number of nitrogens with zero attached hydrogens (tertiary/aromatic N) is 2. The van der Waals surface area contributed by atoms with Crippen LogP contribution in [0.5, 0.6) is 0 Å². The number of thiazole rings is 1. The van der Waals surface area contributed by atoms with Gasteiger partial charge in [-0.2, -0.15) is 0 Å². The Balaban J connectivity index is 1.78. The van der Waals surface area contributed by atoms with E-state index in [1.807, 2.05) is 5.38 Å². The minimum absolute atomic E-state index is 0.119. The van der Waals surface area contributed by atoms with Crippen LogP contribution in [-0.4, -0.2) is 16.0 Å². The molecule has 130 valence electrons. The standard InChI is InChI=1S/C19H21N3O2S/c1-11-16(12(2)24-22-11)17(23)21-18-20-15(10-25-18)13-6-8-14(9-7-13)19(3,4)5/h6-10H,1-5H3,(H,20,21,23). The molecule has 0 radical (unpaired) electrons. The maximum Gasteiger partial charge on any atom is 0.262 e. The molecule has 0 spiro atoms. The first-order valence-electron chi connectivity index (χ1n) is 8.06. The lowest BCUT2D eigenvalue weighted by Gasteiger charge is -2.18. The fourth-order valence-corrected chi connectivity index (χ4v) is 3.29. The molecule has 0 unspecified atom stereocenters. The largest absolute Gasteiger partial charge is 0.361 e. The van der Waals surface area contributed by atoms with Crippen LogP contribution in [0.25, 0.3) is 11.3 Å². The summed E-state index contributed by atoms with van der Waals surface area (Å²) in [5.41, 5.74) is 4.31. The molecule has 0 atom stereocenters. The Kier molecular flexibility index (Phi) is 4.47. The second-order valence-corrected chi connectivity index (χ2v) is 7.88. The van der Waals surface area contributed by atoms with Gasteiger partial charge in [-0.15, -0.1) is 11.3 Å². The van der Waals surface area contributed by atoms with E-state index in [9.17, 15) is 4.79 Å². The zero-order valence-electron chi connectivity index (χ0n) is 15.0. The summed E-state index contributed by atoms with van der Waals surface area (Å²) in [6.07, 6.45) is 0. The molecule has 0 aliphatic carbocycles. The summed E-state index contributed by atoms with van der Waals surface area (Å²) >= 11 is 1.40. The van der Waals surface area contributed by atoms with Gasteiger partial charge in [0, 0.05) is 10.9 Å². The van der Waals surface area contributed by atoms with Gasteiger partial charge in [0.25, 0.3) is 5.91 Å². The molecule has 2 heterocycles. The molecule has 1 aromatic carbocycles. The molecular weight excluding hydrogens is 334 g/mol. The Hall–Kier alpha value is -2.47. The predicted octanol–water partition coefficient (Wildman–Crippen LogP) is 4.96. The third-order valence-electron chi connectivity index (χ3n) is 4.03. The van der Waals surface area contributed by atoms with E-state index < -0.39 is 0 Å². The first kappa shape index (κ1) is 17.4. The Morgan fingerprint density at radius 3 is 2.40 bits per heavy atom. The molecule has 0 fully saturated rings. The van der Waals surface area contributed by atoms with Gasteiger partial charge in [-0.1, -0.05) is 50.2 Å². The molecule has 0 saturated heterocycles. The molecule has 5 nitrogen and oxygen atoms in total. The monoisotopic (exact) mass is 355 g/mol. The summed E-state index contributed by atoms with van der Waals surface area (Å²) in [6, 6.07) is 8.37. The van der Waals surface area contributed by atoms with Crippen molar-refractivity contribution in [1.82, 2.24) is 10.1 Å². The maximum atomic E-state index is 12.4. The lowest BCUT2D eigenvalue weighted by atomic mass is 9.86. The third-order valence-corrected chi connectivity index (χ3v) is 4.79. The predicted molar refractivity (Wildman–Crippen MR) is 100 cm³/mol. The highest BCUT2D eigenvalue weighted by molar-refractivity contribution is 7.14. The molecule has 3 aromatic rings. The van der Waals surface area contributed by atoms with E-state index in [4.69, 9.17) is 4.52 Å². The van der Waals surface area contributed by atoms with Crippen molar-refractivity contribution in [3.05, 3.63) is 52.2 Å². The minimum Gasteiger partial charge on any atom is -0.361 e. The number of anilines is 1. The van der Waals surface area contributed by atoms with E-state index in [1.165, 1.54) is 16.9 Å². The molecular formula is C19H21N3O2S. The SMILES string of the molecule is Cc1noc(C)c1C(=O)Nc1nc(-c2ccc(C(C)(C)C)cc2)cs1. The molecule has 1 N–H and O–H groups in total. The van der Waals surface area contributed by atoms with Crippen molar-refractivity contribution in [1.29, 1.82) is 0 Å². The number of hydrogen-bond donors (Lipinski definition) is 1. The van der Waals surface area contributed by atoms with Crippen molar-refractivity contribution in [3.63, 3.8) is 0 Å². The van der Waals surface area contributed by atoms with Crippen molar-refractivity contribution < 1.29 is 9.32 Å². The molecule has 1 amide bonds. The summed E-state index contributed by atoms with van der Waals surface area (Å²) in [5.74, 6) is 0.254. The van der Waals surface area contributed by atoms with Crippen LogP contribution in [0.15, 0.2) is 34.2 Å². The van der Waals surface area contributed by atoms with Crippen LogP contribution in [0.2, 0.25) is 0 Å². The van der Waals surface area contributed by atoms with Gasteiger partial charge >= 0.3 is 0 Å². The van der Waals surface area contributed by atoms with Gasteiger partial charge < -0.3 is 4.52 Å². The van der Waals surface area contributed by atoms with Gasteiger partial charge in [-0.25, -0.2) is 4.98 Å². The van der Waals surface area contributed by atoms with Crippen LogP contribution in [-0.2, 0) is 5.41 Å². The Labute approximate surface area is 151 Å². The number of nitrogens with one attached hydrogen (secondary N) is 1. The van der Waals surface area contributed by atoms with Crippen molar-refractivity contribution in [3.8, 4) is 11.3 Å². The van der Waals surface area contributed by atoms with Crippen LogP contribution in [0.1, 0.15) is 48.1 Å². The van der Waals surface area contributed by atoms with E-state index in [-0.39, 0.29) is 11.3 Å². The molecule has 0 saturated carbocycles. The molecule has 3 rings (SSSR count). The third kappa shape index (κ3) is 3.64. The van der Waals surface area contributed by atoms with Crippen LogP contribution < -0.4 is 5.32 Å². The number of carbonyl (C=O) groups is 1. The van der Waals surface area contributed by atoms with Crippen LogP contribution in [0.4, 0.5) is 5.13 Å². The second kappa shape index (κ2) is 6.44. The summed E-state index contributed by atoms with van der Waals surface area (Å²) in [4.78, 5) is 16.9. The van der Waals surface area contributed by atoms with Crippen LogP contribution in [0.3, 0.4) is 0 Å². The Bertz CT molecular complexity index is 882. The fraction of sp³-hybridized carbons (Fsp3) is 0.316. The summed E-state index contributed by atoms with van der Waals surface area (Å²) in [6.45, 7) is 10.0. The first-order chi connectivity index (χ1) is 11.8. The van der Waals surface area contributed by atoms with Gasteiger partial charge in [0.2, 0.25) is 0 Å². The highest BCUT2D eigenvalue weighted by atomic mass is 32.1. The van der Waals surface area contributed by atoms with E-state index in [0.717, 1.165) is 11.3 Å². The normalized spacial score (nSPS) is 11.6. The van der Waals surface area contributed by atoms with Gasteiger partial charge in [0.15, 0.2) is 5.13 Å². The fourth-order valence-electron chi connectivity index (χ4n) is 2.57. The number of benzene rings is 1. The summed E-state index contributed by atoms with van der Waals surface area (Å²) in [5, 5.41) is 9.12. The quantitative estimate of drug-likeness (QED) is 0.720. The van der Waals surface area contributed by atoms with Gasteiger partial charge in [-0.3, -0.25) is 10.1 Å². The zero-order chi connectivity index (χ0) is 18.2. The van der Waals surface area contributed by atoms with Crippen LogP contribution >= 0.6 is 11.3 Å². The Morgan fingerprint density at radius 2 is 1.84 bits per heavy atom. The van der Waals surface area contributed by atoms with E-state index >= 15 is 0 Å². The van der Waals surface area contributed by atoms with E-state index in [0.29, 0.717) is 22.1 Å². The smallest absolute Gasteiger partial charge is 0.262 e. The van der Waals surface area contributed by atoms with Crippen molar-refractivity contribution in [2.24, 2.45) is 0 Å². The first-order valence-corrected chi connectivity index (χ1v) is 8.94. The van der Waals surface area contributed by atoms with Gasteiger partial charge in [-0.05, 0) is 24.8 Å². The molecule has 0 bridgehead atoms. The molecule has 0 aliphatic rings.